The molecule has 1 heterocycles. The van der Waals surface area contributed by atoms with Crippen LogP contribution in [0.15, 0.2) is 12.7 Å². The zero-order valence-corrected chi connectivity index (χ0v) is 10.8. The Labute approximate surface area is 92.5 Å². The molecule has 0 aliphatic carbocycles. The van der Waals surface area contributed by atoms with E-state index < -0.39 is 13.5 Å². The number of ether oxygens (including phenoxy) is 2. The van der Waals surface area contributed by atoms with Gasteiger partial charge in [-0.05, 0) is 12.8 Å². The molecule has 0 bridgehead atoms. The first-order valence-corrected chi connectivity index (χ1v) is 8.91. The lowest BCUT2D eigenvalue weighted by molar-refractivity contribution is -0.206. The van der Waals surface area contributed by atoms with Crippen LogP contribution in [0, 0.1) is 0 Å². The molecule has 0 amide bonds. The van der Waals surface area contributed by atoms with E-state index in [1.807, 2.05) is 0 Å². The van der Waals surface area contributed by atoms with Gasteiger partial charge in [0.1, 0.15) is 8.07 Å². The number of esters is 1. The standard InChI is InChI=1S/C11H20O3Si/c1-5-10(12)14-11(15(2,3)4)8-6-7-9-13-11/h5H,1,6-9H2,2-4H3. The Hall–Kier alpha value is -0.613. The molecule has 1 aliphatic heterocycles. The average Bonchev–Trinajstić information content (AvgIpc) is 2.17. The number of hydrogen-bond donors (Lipinski definition) is 0. The zero-order chi connectivity index (χ0) is 11.5. The van der Waals surface area contributed by atoms with E-state index in [1.165, 1.54) is 6.08 Å². The normalized spacial score (nSPS) is 27.1. The summed E-state index contributed by atoms with van der Waals surface area (Å²) < 4.78 is 11.2. The van der Waals surface area contributed by atoms with Crippen molar-refractivity contribution in [2.75, 3.05) is 6.61 Å². The van der Waals surface area contributed by atoms with E-state index in [0.717, 1.165) is 19.3 Å². The lowest BCUT2D eigenvalue weighted by atomic mass is 10.2. The molecule has 0 aromatic rings. The molecule has 3 nitrogen and oxygen atoms in total. The summed E-state index contributed by atoms with van der Waals surface area (Å²) in [6.45, 7) is 10.6. The van der Waals surface area contributed by atoms with Crippen LogP contribution in [0.2, 0.25) is 19.6 Å². The molecule has 86 valence electrons. The van der Waals surface area contributed by atoms with Gasteiger partial charge in [0, 0.05) is 12.5 Å². The molecule has 1 rings (SSSR count). The van der Waals surface area contributed by atoms with Crippen LogP contribution in [-0.2, 0) is 14.3 Å². The van der Waals surface area contributed by atoms with Crippen molar-refractivity contribution in [2.45, 2.75) is 44.3 Å². The topological polar surface area (TPSA) is 35.5 Å². The fraction of sp³-hybridized carbons (Fsp3) is 0.727. The van der Waals surface area contributed by atoms with E-state index in [4.69, 9.17) is 9.47 Å². The van der Waals surface area contributed by atoms with Crippen LogP contribution in [-0.4, -0.2) is 26.1 Å². The molecule has 0 N–H and O–H groups in total. The minimum Gasteiger partial charge on any atom is -0.434 e. The molecule has 1 aliphatic rings. The van der Waals surface area contributed by atoms with Crippen molar-refractivity contribution in [1.82, 2.24) is 0 Å². The third-order valence-electron chi connectivity index (χ3n) is 2.81. The van der Waals surface area contributed by atoms with E-state index in [0.29, 0.717) is 6.61 Å². The summed E-state index contributed by atoms with van der Waals surface area (Å²) in [7, 11) is -1.70. The molecule has 15 heavy (non-hydrogen) atoms. The van der Waals surface area contributed by atoms with E-state index in [1.54, 1.807) is 0 Å². The maximum Gasteiger partial charge on any atom is 0.332 e. The van der Waals surface area contributed by atoms with E-state index in [9.17, 15) is 4.79 Å². The summed E-state index contributed by atoms with van der Waals surface area (Å²) in [4.78, 5) is 11.3. The number of carbonyl (C=O) groups excluding carboxylic acids is 1. The Kier molecular flexibility index (Phi) is 3.73. The molecule has 0 aromatic heterocycles. The lowest BCUT2D eigenvalue weighted by Gasteiger charge is -2.44. The summed E-state index contributed by atoms with van der Waals surface area (Å²) in [5, 5.41) is 0. The van der Waals surface area contributed by atoms with Crippen LogP contribution >= 0.6 is 0 Å². The highest BCUT2D eigenvalue weighted by atomic mass is 28.3. The Morgan fingerprint density at radius 3 is 2.53 bits per heavy atom. The molecule has 1 atom stereocenters. The van der Waals surface area contributed by atoms with Crippen LogP contribution < -0.4 is 0 Å². The molecular weight excluding hydrogens is 208 g/mol. The Morgan fingerprint density at radius 1 is 1.47 bits per heavy atom. The molecule has 1 unspecified atom stereocenters. The molecule has 0 spiro atoms. The molecular formula is C11H20O3Si. The predicted octanol–water partition coefficient (Wildman–Crippen LogP) is 2.49. The highest BCUT2D eigenvalue weighted by Gasteiger charge is 2.48. The summed E-state index contributed by atoms with van der Waals surface area (Å²) >= 11 is 0. The van der Waals surface area contributed by atoms with Crippen LogP contribution in [0.25, 0.3) is 0 Å². The Morgan fingerprint density at radius 2 is 2.13 bits per heavy atom. The third-order valence-corrected chi connectivity index (χ3v) is 5.59. The van der Waals surface area contributed by atoms with Gasteiger partial charge in [0.15, 0.2) is 5.41 Å². The SMILES string of the molecule is C=CC(=O)OC1([Si](C)(C)C)CCCCO1. The second-order valence-corrected chi connectivity index (χ2v) is 10.2. The fourth-order valence-corrected chi connectivity index (χ4v) is 3.67. The monoisotopic (exact) mass is 228 g/mol. The quantitative estimate of drug-likeness (QED) is 0.423. The minimum absolute atomic E-state index is 0.376. The van der Waals surface area contributed by atoms with Crippen LogP contribution in [0.5, 0.6) is 0 Å². The van der Waals surface area contributed by atoms with Gasteiger partial charge in [-0.25, -0.2) is 4.79 Å². The number of carbonyl (C=O) groups is 1. The van der Waals surface area contributed by atoms with Gasteiger partial charge >= 0.3 is 5.97 Å². The maximum atomic E-state index is 11.3. The van der Waals surface area contributed by atoms with Crippen molar-refractivity contribution in [3.63, 3.8) is 0 Å². The largest absolute Gasteiger partial charge is 0.434 e. The van der Waals surface area contributed by atoms with Gasteiger partial charge in [-0.3, -0.25) is 0 Å². The Balaban J connectivity index is 2.85. The van der Waals surface area contributed by atoms with Crippen molar-refractivity contribution < 1.29 is 14.3 Å². The fourth-order valence-electron chi connectivity index (χ4n) is 1.80. The van der Waals surface area contributed by atoms with E-state index in [2.05, 4.69) is 26.2 Å². The van der Waals surface area contributed by atoms with Gasteiger partial charge < -0.3 is 9.47 Å². The van der Waals surface area contributed by atoms with Gasteiger partial charge in [-0.1, -0.05) is 26.2 Å². The number of hydrogen-bond acceptors (Lipinski definition) is 3. The van der Waals surface area contributed by atoms with E-state index >= 15 is 0 Å². The van der Waals surface area contributed by atoms with Crippen molar-refractivity contribution in [1.29, 1.82) is 0 Å². The lowest BCUT2D eigenvalue weighted by Crippen LogP contribution is -2.58. The highest BCUT2D eigenvalue weighted by molar-refractivity contribution is 6.78. The second-order valence-electron chi connectivity index (χ2n) is 4.93. The molecule has 4 heteroatoms. The van der Waals surface area contributed by atoms with Crippen molar-refractivity contribution in [2.24, 2.45) is 0 Å². The third kappa shape index (κ3) is 2.69. The number of rotatable bonds is 3. The van der Waals surface area contributed by atoms with Gasteiger partial charge in [-0.15, -0.1) is 0 Å². The molecule has 0 saturated carbocycles. The summed E-state index contributed by atoms with van der Waals surface area (Å²) in [6, 6.07) is 0. The van der Waals surface area contributed by atoms with Gasteiger partial charge in [-0.2, -0.15) is 0 Å². The van der Waals surface area contributed by atoms with Crippen molar-refractivity contribution >= 4 is 14.0 Å². The Bertz CT molecular complexity index is 249. The van der Waals surface area contributed by atoms with E-state index in [-0.39, 0.29) is 5.97 Å². The van der Waals surface area contributed by atoms with Gasteiger partial charge in [0.2, 0.25) is 0 Å². The first kappa shape index (κ1) is 12.5. The molecule has 0 radical (unpaired) electrons. The summed E-state index contributed by atoms with van der Waals surface area (Å²) in [6.07, 6.45) is 4.15. The van der Waals surface area contributed by atoms with Gasteiger partial charge in [0.05, 0.1) is 6.61 Å². The minimum atomic E-state index is -1.70. The molecule has 0 aromatic carbocycles. The van der Waals surface area contributed by atoms with Crippen molar-refractivity contribution in [3.05, 3.63) is 12.7 Å². The summed E-state index contributed by atoms with van der Waals surface area (Å²) in [5.74, 6) is -0.376. The van der Waals surface area contributed by atoms with Gasteiger partial charge in [0.25, 0.3) is 0 Å². The van der Waals surface area contributed by atoms with Crippen LogP contribution in [0.4, 0.5) is 0 Å². The maximum absolute atomic E-state index is 11.3. The highest BCUT2D eigenvalue weighted by Crippen LogP contribution is 2.35. The average molecular weight is 228 g/mol. The van der Waals surface area contributed by atoms with Crippen LogP contribution in [0.3, 0.4) is 0 Å². The first-order chi connectivity index (χ1) is 6.91. The predicted molar refractivity (Wildman–Crippen MR) is 62.2 cm³/mol. The molecule has 1 saturated heterocycles. The van der Waals surface area contributed by atoms with Crippen LogP contribution in [0.1, 0.15) is 19.3 Å². The smallest absolute Gasteiger partial charge is 0.332 e. The zero-order valence-electron chi connectivity index (χ0n) is 9.84. The molecule has 1 fully saturated rings. The summed E-state index contributed by atoms with van der Waals surface area (Å²) in [5.41, 5.74) is -0.642. The first-order valence-electron chi connectivity index (χ1n) is 5.41. The second kappa shape index (κ2) is 4.49. The van der Waals surface area contributed by atoms with Crippen molar-refractivity contribution in [3.8, 4) is 0 Å².